The Morgan fingerprint density at radius 1 is 1.26 bits per heavy atom. The van der Waals surface area contributed by atoms with E-state index in [1.807, 2.05) is 0 Å². The van der Waals surface area contributed by atoms with Gasteiger partial charge in [0.05, 0.1) is 17.9 Å². The van der Waals surface area contributed by atoms with Crippen LogP contribution in [0.25, 0.3) is 0 Å². The van der Waals surface area contributed by atoms with Crippen molar-refractivity contribution >= 4 is 27.6 Å². The third-order valence-corrected chi connectivity index (χ3v) is 5.83. The van der Waals surface area contributed by atoms with Crippen molar-refractivity contribution in [3.63, 3.8) is 0 Å². The van der Waals surface area contributed by atoms with Gasteiger partial charge in [-0.2, -0.15) is 9.40 Å². The molecule has 11 heteroatoms. The number of carboxylic acids is 1. The zero-order valence-electron chi connectivity index (χ0n) is 13.9. The minimum absolute atomic E-state index is 0.342. The summed E-state index contributed by atoms with van der Waals surface area (Å²) in [6, 6.07) is 6.80. The van der Waals surface area contributed by atoms with Crippen molar-refractivity contribution in [1.82, 2.24) is 24.5 Å². The standard InChI is InChI=1S/C16H14ClN5O4S/c1-22(27(25,26)14-8-12(16(23)24)20-21-14)15(13-9-18-6-7-19-13)10-2-4-11(17)5-3-10/h2-9,15H,1H3,(H,20,21)(H,23,24). The topological polar surface area (TPSA) is 129 Å². The molecule has 0 aliphatic rings. The molecule has 2 aromatic heterocycles. The lowest BCUT2D eigenvalue weighted by molar-refractivity contribution is 0.0690. The first-order valence-corrected chi connectivity index (χ1v) is 9.40. The van der Waals surface area contributed by atoms with Gasteiger partial charge in [-0.3, -0.25) is 15.1 Å². The average Bonchev–Trinajstić information content (AvgIpc) is 3.16. The highest BCUT2D eigenvalue weighted by atomic mass is 35.5. The normalized spacial score (nSPS) is 12.9. The lowest BCUT2D eigenvalue weighted by atomic mass is 10.0. The van der Waals surface area contributed by atoms with Crippen LogP contribution >= 0.6 is 11.6 Å². The van der Waals surface area contributed by atoms with Crippen LogP contribution in [0.15, 0.2) is 53.9 Å². The number of halogens is 1. The Hall–Kier alpha value is -2.82. The molecule has 2 heterocycles. The van der Waals surface area contributed by atoms with Crippen molar-refractivity contribution in [2.45, 2.75) is 11.1 Å². The Balaban J connectivity index is 2.08. The van der Waals surface area contributed by atoms with Gasteiger partial charge in [-0.15, -0.1) is 0 Å². The van der Waals surface area contributed by atoms with Crippen LogP contribution in [0.5, 0.6) is 0 Å². The molecule has 0 aliphatic heterocycles. The highest BCUT2D eigenvalue weighted by molar-refractivity contribution is 7.89. The molecule has 0 saturated heterocycles. The Morgan fingerprint density at radius 2 is 1.96 bits per heavy atom. The fourth-order valence-electron chi connectivity index (χ4n) is 2.50. The number of nitrogens with one attached hydrogen (secondary N) is 1. The van der Waals surface area contributed by atoms with E-state index in [4.69, 9.17) is 16.7 Å². The van der Waals surface area contributed by atoms with Crippen LogP contribution < -0.4 is 0 Å². The van der Waals surface area contributed by atoms with Crippen LogP contribution in [-0.2, 0) is 10.0 Å². The van der Waals surface area contributed by atoms with E-state index in [0.29, 0.717) is 16.3 Å². The zero-order valence-corrected chi connectivity index (χ0v) is 15.5. The molecule has 1 atom stereocenters. The lowest BCUT2D eigenvalue weighted by Gasteiger charge is -2.26. The number of aromatic carboxylic acids is 1. The molecule has 140 valence electrons. The minimum atomic E-state index is -4.11. The maximum atomic E-state index is 13.0. The zero-order chi connectivity index (χ0) is 19.6. The molecule has 0 aliphatic carbocycles. The average molecular weight is 408 g/mol. The number of H-pyrrole nitrogens is 1. The fraction of sp³-hybridized carbons (Fsp3) is 0.125. The first-order chi connectivity index (χ1) is 12.8. The Labute approximate surface area is 159 Å². The molecule has 0 amide bonds. The molecule has 1 unspecified atom stereocenters. The summed E-state index contributed by atoms with van der Waals surface area (Å²) in [5.74, 6) is -1.33. The van der Waals surface area contributed by atoms with Crippen LogP contribution in [-0.4, -0.2) is 51.0 Å². The smallest absolute Gasteiger partial charge is 0.356 e. The molecular formula is C16H14ClN5O4S. The summed E-state index contributed by atoms with van der Waals surface area (Å²) in [5, 5.41) is 14.9. The molecule has 0 bridgehead atoms. The number of hydrogen-bond donors (Lipinski definition) is 2. The maximum Gasteiger partial charge on any atom is 0.356 e. The summed E-state index contributed by atoms with van der Waals surface area (Å²) in [6.07, 6.45) is 4.39. The van der Waals surface area contributed by atoms with Crippen molar-refractivity contribution < 1.29 is 18.3 Å². The number of rotatable bonds is 6. The largest absolute Gasteiger partial charge is 0.476 e. The maximum absolute atomic E-state index is 13.0. The van der Waals surface area contributed by atoms with Crippen molar-refractivity contribution in [3.8, 4) is 0 Å². The predicted octanol–water partition coefficient (Wildman–Crippen LogP) is 1.96. The summed E-state index contributed by atoms with van der Waals surface area (Å²) < 4.78 is 27.1. The Morgan fingerprint density at radius 3 is 2.52 bits per heavy atom. The summed E-state index contributed by atoms with van der Waals surface area (Å²) in [6.45, 7) is 0. The third-order valence-electron chi connectivity index (χ3n) is 3.84. The molecule has 9 nitrogen and oxygen atoms in total. The third kappa shape index (κ3) is 3.82. The van der Waals surface area contributed by atoms with Gasteiger partial charge in [-0.05, 0) is 17.7 Å². The van der Waals surface area contributed by atoms with Crippen molar-refractivity contribution in [3.05, 3.63) is 70.9 Å². The number of carboxylic acid groups (broad SMARTS) is 1. The molecular weight excluding hydrogens is 394 g/mol. The van der Waals surface area contributed by atoms with Gasteiger partial charge in [0.15, 0.2) is 10.7 Å². The van der Waals surface area contributed by atoms with Crippen molar-refractivity contribution in [2.24, 2.45) is 0 Å². The first-order valence-electron chi connectivity index (χ1n) is 7.59. The van der Waals surface area contributed by atoms with E-state index in [1.54, 1.807) is 24.3 Å². The van der Waals surface area contributed by atoms with Gasteiger partial charge < -0.3 is 5.11 Å². The molecule has 0 fully saturated rings. The molecule has 3 aromatic rings. The molecule has 3 rings (SSSR count). The monoisotopic (exact) mass is 407 g/mol. The van der Waals surface area contributed by atoms with Crippen molar-refractivity contribution in [1.29, 1.82) is 0 Å². The highest BCUT2D eigenvalue weighted by Gasteiger charge is 2.33. The van der Waals surface area contributed by atoms with Gasteiger partial charge in [-0.25, -0.2) is 13.2 Å². The van der Waals surface area contributed by atoms with Gasteiger partial charge in [0.2, 0.25) is 0 Å². The summed E-state index contributed by atoms with van der Waals surface area (Å²) in [7, 11) is -2.74. The van der Waals surface area contributed by atoms with E-state index in [0.717, 1.165) is 10.4 Å². The second-order valence-corrected chi connectivity index (χ2v) is 7.93. The molecule has 0 spiro atoms. The van der Waals surface area contributed by atoms with E-state index in [1.165, 1.54) is 25.6 Å². The summed E-state index contributed by atoms with van der Waals surface area (Å²) in [5.41, 5.74) is 0.609. The Kier molecular flexibility index (Phi) is 5.22. The van der Waals surface area contributed by atoms with Gasteiger partial charge in [-0.1, -0.05) is 23.7 Å². The number of benzene rings is 1. The van der Waals surface area contributed by atoms with Crippen molar-refractivity contribution in [2.75, 3.05) is 7.05 Å². The van der Waals surface area contributed by atoms with E-state index >= 15 is 0 Å². The lowest BCUT2D eigenvalue weighted by Crippen LogP contribution is -2.33. The molecule has 0 saturated carbocycles. The number of hydrogen-bond acceptors (Lipinski definition) is 6. The van der Waals surface area contributed by atoms with Gasteiger partial charge >= 0.3 is 5.97 Å². The van der Waals surface area contributed by atoms with Gasteiger partial charge in [0, 0.05) is 30.5 Å². The van der Waals surface area contributed by atoms with E-state index in [2.05, 4.69) is 20.2 Å². The van der Waals surface area contributed by atoms with E-state index in [-0.39, 0.29) is 5.03 Å². The summed E-state index contributed by atoms with van der Waals surface area (Å²) in [4.78, 5) is 19.2. The predicted molar refractivity (Wildman–Crippen MR) is 95.8 cm³/mol. The van der Waals surface area contributed by atoms with Crippen LogP contribution in [0.3, 0.4) is 0 Å². The van der Waals surface area contributed by atoms with Crippen LogP contribution in [0, 0.1) is 0 Å². The molecule has 2 N–H and O–H groups in total. The molecule has 1 aromatic carbocycles. The van der Waals surface area contributed by atoms with E-state index < -0.39 is 27.7 Å². The van der Waals surface area contributed by atoms with Crippen LogP contribution in [0.1, 0.15) is 27.8 Å². The number of aromatic nitrogens is 4. The fourth-order valence-corrected chi connectivity index (χ4v) is 3.87. The summed E-state index contributed by atoms with van der Waals surface area (Å²) >= 11 is 5.93. The quantitative estimate of drug-likeness (QED) is 0.638. The second kappa shape index (κ2) is 7.43. The van der Waals surface area contributed by atoms with E-state index in [9.17, 15) is 13.2 Å². The van der Waals surface area contributed by atoms with Crippen LogP contribution in [0.2, 0.25) is 5.02 Å². The number of nitrogens with zero attached hydrogens (tertiary/aromatic N) is 4. The SMILES string of the molecule is CN(C(c1ccc(Cl)cc1)c1cnccn1)S(=O)(=O)c1cc(C(=O)O)n[nH]1. The molecule has 0 radical (unpaired) electrons. The Bertz CT molecular complexity index is 1050. The van der Waals surface area contributed by atoms with Gasteiger partial charge in [0.25, 0.3) is 10.0 Å². The number of carbonyl (C=O) groups is 1. The highest BCUT2D eigenvalue weighted by Crippen LogP contribution is 2.31. The number of sulfonamides is 1. The van der Waals surface area contributed by atoms with Gasteiger partial charge in [0.1, 0.15) is 0 Å². The molecule has 27 heavy (non-hydrogen) atoms. The minimum Gasteiger partial charge on any atom is -0.476 e. The van der Waals surface area contributed by atoms with Crippen LogP contribution in [0.4, 0.5) is 0 Å². The second-order valence-electron chi connectivity index (χ2n) is 5.53. The number of aromatic amines is 1. The first kappa shape index (κ1) is 19.0.